The van der Waals surface area contributed by atoms with Gasteiger partial charge < -0.3 is 9.80 Å². The number of hydrogen-bond acceptors (Lipinski definition) is 6. The van der Waals surface area contributed by atoms with Crippen molar-refractivity contribution in [1.82, 2.24) is 24.8 Å². The van der Waals surface area contributed by atoms with E-state index in [0.29, 0.717) is 5.92 Å². The molecule has 3 heterocycles. The van der Waals surface area contributed by atoms with Gasteiger partial charge in [-0.2, -0.15) is 0 Å². The lowest BCUT2D eigenvalue weighted by molar-refractivity contribution is -0.129. The minimum absolute atomic E-state index is 0.139. The van der Waals surface area contributed by atoms with Gasteiger partial charge in [0, 0.05) is 77.1 Å². The van der Waals surface area contributed by atoms with E-state index < -0.39 is 0 Å². The summed E-state index contributed by atoms with van der Waals surface area (Å²) in [6.45, 7) is 5.84. The number of anilines is 1. The third-order valence-electron chi connectivity index (χ3n) is 5.87. The van der Waals surface area contributed by atoms with Crippen molar-refractivity contribution in [1.29, 1.82) is 0 Å². The highest BCUT2D eigenvalue weighted by Gasteiger charge is 2.25. The van der Waals surface area contributed by atoms with Crippen molar-refractivity contribution in [2.45, 2.75) is 19.9 Å². The van der Waals surface area contributed by atoms with Crippen LogP contribution in [0.1, 0.15) is 18.2 Å². The van der Waals surface area contributed by atoms with Crippen LogP contribution >= 0.6 is 0 Å². The first-order valence-electron chi connectivity index (χ1n) is 10.8. The maximum Gasteiger partial charge on any atom is 0.219 e. The number of carbonyl (C=O) groups excluding carboxylic acids is 1. The second kappa shape index (κ2) is 9.39. The van der Waals surface area contributed by atoms with E-state index in [4.69, 9.17) is 0 Å². The quantitative estimate of drug-likeness (QED) is 0.635. The molecule has 1 amide bonds. The molecule has 7 nitrogen and oxygen atoms in total. The average molecular weight is 419 g/mol. The fraction of sp³-hybridized carbons (Fsp3) is 0.417. The molecule has 31 heavy (non-hydrogen) atoms. The van der Waals surface area contributed by atoms with E-state index in [0.717, 1.165) is 61.6 Å². The Morgan fingerprint density at radius 2 is 1.97 bits per heavy atom. The maximum absolute atomic E-state index is 12.2. The van der Waals surface area contributed by atoms with Crippen LogP contribution in [0.25, 0.3) is 10.9 Å². The first-order valence-corrected chi connectivity index (χ1v) is 10.8. The number of nitrogens with zero attached hydrogens (tertiary/aromatic N) is 6. The molecule has 4 rings (SSSR count). The van der Waals surface area contributed by atoms with Crippen LogP contribution in [0.4, 0.5) is 5.82 Å². The molecule has 162 valence electrons. The van der Waals surface area contributed by atoms with Crippen molar-refractivity contribution in [3.63, 3.8) is 0 Å². The molecule has 1 fully saturated rings. The van der Waals surface area contributed by atoms with Gasteiger partial charge >= 0.3 is 0 Å². The zero-order chi connectivity index (χ0) is 21.8. The lowest BCUT2D eigenvalue weighted by Gasteiger charge is -2.24. The van der Waals surface area contributed by atoms with Crippen LogP contribution in [-0.2, 0) is 17.8 Å². The molecule has 0 aliphatic carbocycles. The molecule has 0 N–H and O–H groups in total. The normalized spacial score (nSPS) is 17.5. The summed E-state index contributed by atoms with van der Waals surface area (Å²) in [5.74, 6) is 1.36. The van der Waals surface area contributed by atoms with Gasteiger partial charge in [-0.05, 0) is 36.1 Å². The molecular weight excluding hydrogens is 388 g/mol. The minimum atomic E-state index is 0.139. The van der Waals surface area contributed by atoms with Crippen LogP contribution in [0.3, 0.4) is 0 Å². The van der Waals surface area contributed by atoms with Crippen LogP contribution in [0, 0.1) is 5.92 Å². The number of carbonyl (C=O) groups is 1. The molecule has 1 aliphatic rings. The largest absolute Gasteiger partial charge is 0.363 e. The Hall–Kier alpha value is -3.06. The molecule has 1 unspecified atom stereocenters. The zero-order valence-corrected chi connectivity index (χ0v) is 18.5. The molecule has 0 bridgehead atoms. The van der Waals surface area contributed by atoms with E-state index >= 15 is 0 Å². The molecule has 1 atom stereocenters. The number of hydrogen-bond donors (Lipinski definition) is 0. The molecule has 0 saturated carbocycles. The van der Waals surface area contributed by atoms with Gasteiger partial charge in [-0.1, -0.05) is 12.1 Å². The van der Waals surface area contributed by atoms with Gasteiger partial charge in [0.15, 0.2) is 0 Å². The van der Waals surface area contributed by atoms with E-state index in [9.17, 15) is 4.79 Å². The van der Waals surface area contributed by atoms with Crippen molar-refractivity contribution in [2.24, 2.45) is 5.92 Å². The highest BCUT2D eigenvalue weighted by molar-refractivity contribution is 5.78. The minimum Gasteiger partial charge on any atom is -0.363 e. The monoisotopic (exact) mass is 418 g/mol. The molecule has 7 heteroatoms. The van der Waals surface area contributed by atoms with Gasteiger partial charge in [-0.25, -0.2) is 9.97 Å². The SMILES string of the molecule is CC(=O)N1CCN(Cc2ccc3ncccc3c2)CC(Cc2cc(N(C)C)ncn2)C1. The maximum atomic E-state index is 12.2. The van der Waals surface area contributed by atoms with E-state index in [2.05, 4.69) is 44.1 Å². The van der Waals surface area contributed by atoms with E-state index in [1.807, 2.05) is 42.2 Å². The van der Waals surface area contributed by atoms with Gasteiger partial charge in [0.1, 0.15) is 12.1 Å². The van der Waals surface area contributed by atoms with Gasteiger partial charge in [-0.3, -0.25) is 14.7 Å². The van der Waals surface area contributed by atoms with Crippen molar-refractivity contribution >= 4 is 22.6 Å². The topological polar surface area (TPSA) is 65.5 Å². The smallest absolute Gasteiger partial charge is 0.219 e. The van der Waals surface area contributed by atoms with Crippen LogP contribution < -0.4 is 4.90 Å². The van der Waals surface area contributed by atoms with Crippen molar-refractivity contribution in [3.8, 4) is 0 Å². The Morgan fingerprint density at radius 3 is 2.77 bits per heavy atom. The van der Waals surface area contributed by atoms with Crippen molar-refractivity contribution in [3.05, 3.63) is 60.2 Å². The summed E-state index contributed by atoms with van der Waals surface area (Å²) in [6.07, 6.45) is 4.28. The predicted molar refractivity (Wildman–Crippen MR) is 123 cm³/mol. The van der Waals surface area contributed by atoms with Gasteiger partial charge in [0.05, 0.1) is 5.52 Å². The predicted octanol–water partition coefficient (Wildman–Crippen LogP) is 2.61. The third kappa shape index (κ3) is 5.35. The number of amides is 1. The number of fused-ring (bicyclic) bond motifs is 1. The van der Waals surface area contributed by atoms with Crippen LogP contribution in [0.5, 0.6) is 0 Å². The number of rotatable bonds is 5. The highest BCUT2D eigenvalue weighted by atomic mass is 16.2. The lowest BCUT2D eigenvalue weighted by Crippen LogP contribution is -2.34. The van der Waals surface area contributed by atoms with E-state index in [-0.39, 0.29) is 5.91 Å². The Labute approximate surface area is 183 Å². The van der Waals surface area contributed by atoms with Crippen LogP contribution in [0.15, 0.2) is 48.9 Å². The second-order valence-electron chi connectivity index (χ2n) is 8.56. The Kier molecular flexibility index (Phi) is 6.42. The Bertz CT molecular complexity index is 1050. The molecule has 1 aliphatic heterocycles. The summed E-state index contributed by atoms with van der Waals surface area (Å²) in [7, 11) is 3.96. The molecule has 1 saturated heterocycles. The van der Waals surface area contributed by atoms with Crippen molar-refractivity contribution in [2.75, 3.05) is 45.2 Å². The highest BCUT2D eigenvalue weighted by Crippen LogP contribution is 2.20. The standard InChI is InChI=1S/C24H30N6O/c1-18(31)30-10-9-29(14-19-6-7-23-21(11-19)5-4-8-25-23)15-20(16-30)12-22-13-24(28(2)3)27-17-26-22/h4-8,11,13,17,20H,9-10,12,14-16H2,1-3H3. The summed E-state index contributed by atoms with van der Waals surface area (Å²) in [5.41, 5.74) is 3.31. The molecule has 3 aromatic rings. The lowest BCUT2D eigenvalue weighted by atomic mass is 10.0. The van der Waals surface area contributed by atoms with Crippen LogP contribution in [0.2, 0.25) is 0 Å². The average Bonchev–Trinajstić information content (AvgIpc) is 2.96. The van der Waals surface area contributed by atoms with Crippen molar-refractivity contribution < 1.29 is 4.79 Å². The van der Waals surface area contributed by atoms with E-state index in [1.54, 1.807) is 13.3 Å². The Morgan fingerprint density at radius 1 is 1.10 bits per heavy atom. The van der Waals surface area contributed by atoms with Gasteiger partial charge in [-0.15, -0.1) is 0 Å². The number of benzene rings is 1. The molecular formula is C24H30N6O. The zero-order valence-electron chi connectivity index (χ0n) is 18.5. The molecule has 2 aromatic heterocycles. The fourth-order valence-corrected chi connectivity index (χ4v) is 4.26. The summed E-state index contributed by atoms with van der Waals surface area (Å²) < 4.78 is 0. The summed E-state index contributed by atoms with van der Waals surface area (Å²) >= 11 is 0. The first kappa shape index (κ1) is 21.2. The summed E-state index contributed by atoms with van der Waals surface area (Å²) in [5, 5.41) is 1.16. The summed E-state index contributed by atoms with van der Waals surface area (Å²) in [6, 6.07) is 12.6. The van der Waals surface area contributed by atoms with Gasteiger partial charge in [0.25, 0.3) is 0 Å². The molecule has 0 spiro atoms. The van der Waals surface area contributed by atoms with Gasteiger partial charge in [0.2, 0.25) is 5.91 Å². The first-order chi connectivity index (χ1) is 15.0. The van der Waals surface area contributed by atoms with Crippen LogP contribution in [-0.4, -0.2) is 70.9 Å². The molecule has 1 aromatic carbocycles. The molecule has 0 radical (unpaired) electrons. The van der Waals surface area contributed by atoms with E-state index in [1.165, 1.54) is 5.56 Å². The Balaban J connectivity index is 1.51. The third-order valence-corrected chi connectivity index (χ3v) is 5.87. The number of pyridine rings is 1. The second-order valence-corrected chi connectivity index (χ2v) is 8.56. The fourth-order valence-electron chi connectivity index (χ4n) is 4.26. The number of aromatic nitrogens is 3. The summed E-state index contributed by atoms with van der Waals surface area (Å²) in [4.78, 5) is 31.8.